The first-order chi connectivity index (χ1) is 17.5. The second kappa shape index (κ2) is 11.6. The average Bonchev–Trinajstić information content (AvgIpc) is 3.17. The first-order valence-corrected chi connectivity index (χ1v) is 12.4. The van der Waals surface area contributed by atoms with E-state index in [-0.39, 0.29) is 11.5 Å². The van der Waals surface area contributed by atoms with Crippen LogP contribution in [0.3, 0.4) is 0 Å². The van der Waals surface area contributed by atoms with Crippen LogP contribution in [-0.4, -0.2) is 40.2 Å². The minimum atomic E-state index is -1.03. The number of carbonyl (C=O) groups is 2. The zero-order valence-electron chi connectivity index (χ0n) is 20.0. The zero-order chi connectivity index (χ0) is 25.5. The summed E-state index contributed by atoms with van der Waals surface area (Å²) in [5.41, 5.74) is 2.47. The summed E-state index contributed by atoms with van der Waals surface area (Å²) >= 11 is 1.25. The van der Waals surface area contributed by atoms with E-state index < -0.39 is 5.97 Å². The molecule has 0 atom stereocenters. The standard InChI is InChI=1S/C28H26N2O5S/c1-3-30-26(31)25(36-28(30)29-22-12-8-11-21(17-22)27(32)33)16-20-13-14-23(24(15-20)34-4-2)35-18-19-9-6-5-7-10-19/h5-17H,3-4,18H2,1-2H3,(H,32,33). The first kappa shape index (κ1) is 25.1. The topological polar surface area (TPSA) is 88.4 Å². The lowest BCUT2D eigenvalue weighted by molar-refractivity contribution is -0.122. The molecule has 0 radical (unpaired) electrons. The molecule has 8 heteroatoms. The first-order valence-electron chi connectivity index (χ1n) is 11.6. The maximum absolute atomic E-state index is 13.1. The van der Waals surface area contributed by atoms with E-state index in [0.717, 1.165) is 11.1 Å². The summed E-state index contributed by atoms with van der Waals surface area (Å²) < 4.78 is 11.8. The molecule has 1 N–H and O–H groups in total. The summed E-state index contributed by atoms with van der Waals surface area (Å²) in [4.78, 5) is 31.0. The number of aromatic carboxylic acids is 1. The molecule has 3 aromatic carbocycles. The number of nitrogens with zero attached hydrogens (tertiary/aromatic N) is 2. The van der Waals surface area contributed by atoms with Gasteiger partial charge in [0.15, 0.2) is 16.7 Å². The molecule has 3 aromatic rings. The van der Waals surface area contributed by atoms with Gasteiger partial charge in [0.05, 0.1) is 22.8 Å². The highest BCUT2D eigenvalue weighted by Crippen LogP contribution is 2.36. The van der Waals surface area contributed by atoms with Crippen molar-refractivity contribution in [3.63, 3.8) is 0 Å². The Hall–Kier alpha value is -4.04. The number of hydrogen-bond donors (Lipinski definition) is 1. The van der Waals surface area contributed by atoms with Crippen molar-refractivity contribution >= 4 is 40.6 Å². The van der Waals surface area contributed by atoms with Gasteiger partial charge in [-0.1, -0.05) is 42.5 Å². The van der Waals surface area contributed by atoms with Gasteiger partial charge in [0, 0.05) is 6.54 Å². The van der Waals surface area contributed by atoms with Gasteiger partial charge in [-0.15, -0.1) is 0 Å². The van der Waals surface area contributed by atoms with Crippen LogP contribution in [0.1, 0.15) is 35.3 Å². The maximum atomic E-state index is 13.1. The van der Waals surface area contributed by atoms with Gasteiger partial charge in [-0.05, 0) is 73.1 Å². The van der Waals surface area contributed by atoms with Crippen molar-refractivity contribution < 1.29 is 24.2 Å². The molecule has 1 heterocycles. The lowest BCUT2D eigenvalue weighted by Crippen LogP contribution is -2.28. The van der Waals surface area contributed by atoms with Crippen LogP contribution >= 0.6 is 11.8 Å². The molecule has 0 aliphatic carbocycles. The number of carboxylic acid groups (broad SMARTS) is 1. The number of amidine groups is 1. The normalized spacial score (nSPS) is 15.5. The summed E-state index contributed by atoms with van der Waals surface area (Å²) in [5.74, 6) is 0.0494. The van der Waals surface area contributed by atoms with Gasteiger partial charge in [0.2, 0.25) is 0 Å². The van der Waals surface area contributed by atoms with Crippen molar-refractivity contribution in [2.24, 2.45) is 4.99 Å². The zero-order valence-corrected chi connectivity index (χ0v) is 20.8. The summed E-state index contributed by atoms with van der Waals surface area (Å²) in [5, 5.41) is 9.75. The maximum Gasteiger partial charge on any atom is 0.335 e. The van der Waals surface area contributed by atoms with Crippen LogP contribution in [0.5, 0.6) is 11.5 Å². The Labute approximate surface area is 214 Å². The molecular formula is C28H26N2O5S. The van der Waals surface area contributed by atoms with Gasteiger partial charge >= 0.3 is 5.97 Å². The van der Waals surface area contributed by atoms with Gasteiger partial charge in [-0.2, -0.15) is 0 Å². The molecule has 0 unspecified atom stereocenters. The Morgan fingerprint density at radius 1 is 1.00 bits per heavy atom. The van der Waals surface area contributed by atoms with E-state index in [1.165, 1.54) is 23.9 Å². The van der Waals surface area contributed by atoms with Gasteiger partial charge < -0.3 is 14.6 Å². The second-order valence-electron chi connectivity index (χ2n) is 7.82. The Kier molecular flexibility index (Phi) is 8.07. The number of aliphatic imine (C=N–C) groups is 1. The van der Waals surface area contributed by atoms with Crippen molar-refractivity contribution in [1.82, 2.24) is 4.90 Å². The van der Waals surface area contributed by atoms with E-state index in [2.05, 4.69) is 4.99 Å². The molecular weight excluding hydrogens is 476 g/mol. The molecule has 0 aromatic heterocycles. The Morgan fingerprint density at radius 2 is 1.81 bits per heavy atom. The number of ether oxygens (including phenoxy) is 2. The number of thioether (sulfide) groups is 1. The highest BCUT2D eigenvalue weighted by atomic mass is 32.2. The third kappa shape index (κ3) is 5.95. The average molecular weight is 503 g/mol. The Bertz CT molecular complexity index is 1320. The third-order valence-electron chi connectivity index (χ3n) is 5.32. The van der Waals surface area contributed by atoms with Crippen LogP contribution in [0.2, 0.25) is 0 Å². The summed E-state index contributed by atoms with van der Waals surface area (Å²) in [6.45, 7) is 5.12. The molecule has 1 aliphatic rings. The Balaban J connectivity index is 1.58. The molecule has 1 amide bonds. The third-order valence-corrected chi connectivity index (χ3v) is 6.33. The predicted molar refractivity (Wildman–Crippen MR) is 142 cm³/mol. The predicted octanol–water partition coefficient (Wildman–Crippen LogP) is 5.99. The van der Waals surface area contributed by atoms with Crippen LogP contribution in [-0.2, 0) is 11.4 Å². The molecule has 7 nitrogen and oxygen atoms in total. The van der Waals surface area contributed by atoms with Gasteiger partial charge in [-0.3, -0.25) is 9.69 Å². The highest BCUT2D eigenvalue weighted by Gasteiger charge is 2.32. The van der Waals surface area contributed by atoms with Gasteiger partial charge in [0.1, 0.15) is 6.61 Å². The molecule has 1 fully saturated rings. The number of likely N-dealkylation sites (N-methyl/N-ethyl adjacent to an activating group) is 1. The molecule has 0 bridgehead atoms. The van der Waals surface area contributed by atoms with Crippen molar-refractivity contribution in [3.05, 3.63) is 94.4 Å². The van der Waals surface area contributed by atoms with E-state index in [9.17, 15) is 14.7 Å². The quantitative estimate of drug-likeness (QED) is 0.362. The van der Waals surface area contributed by atoms with Crippen molar-refractivity contribution in [2.75, 3.05) is 13.2 Å². The smallest absolute Gasteiger partial charge is 0.335 e. The monoisotopic (exact) mass is 502 g/mol. The molecule has 0 spiro atoms. The lowest BCUT2D eigenvalue weighted by atomic mass is 10.1. The Morgan fingerprint density at radius 3 is 2.53 bits per heavy atom. The fourth-order valence-electron chi connectivity index (χ4n) is 3.58. The number of carbonyl (C=O) groups excluding carboxylic acids is 1. The molecule has 1 saturated heterocycles. The SMILES string of the molecule is CCOc1cc(C=C2SC(=Nc3cccc(C(=O)O)c3)N(CC)C2=O)ccc1OCc1ccccc1. The number of rotatable bonds is 9. The van der Waals surface area contributed by atoms with Crippen molar-refractivity contribution in [2.45, 2.75) is 20.5 Å². The summed E-state index contributed by atoms with van der Waals surface area (Å²) in [6.07, 6.45) is 1.80. The van der Waals surface area contributed by atoms with Gasteiger partial charge in [-0.25, -0.2) is 9.79 Å². The fraction of sp³-hybridized carbons (Fsp3) is 0.179. The minimum absolute atomic E-state index is 0.142. The van der Waals surface area contributed by atoms with Crippen molar-refractivity contribution in [1.29, 1.82) is 0 Å². The second-order valence-corrected chi connectivity index (χ2v) is 8.83. The van der Waals surface area contributed by atoms with Crippen molar-refractivity contribution in [3.8, 4) is 11.5 Å². The highest BCUT2D eigenvalue weighted by molar-refractivity contribution is 8.18. The van der Waals surface area contributed by atoms with E-state index >= 15 is 0 Å². The lowest BCUT2D eigenvalue weighted by Gasteiger charge is -2.13. The van der Waals surface area contributed by atoms with Crippen LogP contribution in [0, 0.1) is 0 Å². The van der Waals surface area contributed by atoms with Crippen LogP contribution in [0.4, 0.5) is 5.69 Å². The molecule has 36 heavy (non-hydrogen) atoms. The molecule has 1 aliphatic heterocycles. The van der Waals surface area contributed by atoms with Gasteiger partial charge in [0.25, 0.3) is 5.91 Å². The van der Waals surface area contributed by atoms with E-state index in [4.69, 9.17) is 9.47 Å². The van der Waals surface area contributed by atoms with Crippen LogP contribution in [0.15, 0.2) is 82.7 Å². The number of benzene rings is 3. The van der Waals surface area contributed by atoms with E-state index in [1.807, 2.05) is 62.4 Å². The molecule has 184 valence electrons. The minimum Gasteiger partial charge on any atom is -0.490 e. The summed E-state index contributed by atoms with van der Waals surface area (Å²) in [7, 11) is 0. The number of hydrogen-bond acceptors (Lipinski definition) is 6. The van der Waals surface area contributed by atoms with E-state index in [1.54, 1.807) is 23.1 Å². The number of amides is 1. The molecule has 0 saturated carbocycles. The number of carboxylic acids is 1. The molecule has 4 rings (SSSR count). The van der Waals surface area contributed by atoms with E-state index in [0.29, 0.717) is 47.0 Å². The fourth-order valence-corrected chi connectivity index (χ4v) is 4.64. The largest absolute Gasteiger partial charge is 0.490 e. The summed E-state index contributed by atoms with van der Waals surface area (Å²) in [6, 6.07) is 21.8. The van der Waals surface area contributed by atoms with Crippen LogP contribution in [0.25, 0.3) is 6.08 Å². The van der Waals surface area contributed by atoms with Crippen LogP contribution < -0.4 is 9.47 Å².